The van der Waals surface area contributed by atoms with E-state index >= 15 is 0 Å². The molecular weight excluding hydrogens is 301 g/mol. The number of nitrogens with zero attached hydrogens (tertiary/aromatic N) is 2. The maximum atomic E-state index is 12.6. The van der Waals surface area contributed by atoms with Crippen LogP contribution in [0.15, 0.2) is 5.38 Å². The van der Waals surface area contributed by atoms with Gasteiger partial charge in [0.05, 0.1) is 5.01 Å². The van der Waals surface area contributed by atoms with Crippen LogP contribution in [0.2, 0.25) is 0 Å². The summed E-state index contributed by atoms with van der Waals surface area (Å²) in [5.41, 5.74) is -1.23. The molecule has 3 nitrogen and oxygen atoms in total. The van der Waals surface area contributed by atoms with Gasteiger partial charge in [-0.1, -0.05) is 20.8 Å². The minimum absolute atomic E-state index is 0.0233. The Hall–Kier alpha value is -1.11. The summed E-state index contributed by atoms with van der Waals surface area (Å²) < 4.78 is 37.7. The van der Waals surface area contributed by atoms with Gasteiger partial charge in [0.25, 0.3) is 0 Å². The molecule has 21 heavy (non-hydrogen) atoms. The fourth-order valence-corrected chi connectivity index (χ4v) is 3.41. The van der Waals surface area contributed by atoms with Crippen molar-refractivity contribution in [2.45, 2.75) is 45.7 Å². The highest BCUT2D eigenvalue weighted by atomic mass is 32.1. The molecule has 1 aliphatic heterocycles. The number of hydrogen-bond acceptors (Lipinski definition) is 3. The number of likely N-dealkylation sites (tertiary alicyclic amines) is 1. The molecule has 2 heterocycles. The summed E-state index contributed by atoms with van der Waals surface area (Å²) in [5, 5.41) is 1.60. The van der Waals surface area contributed by atoms with Crippen molar-refractivity contribution in [3.8, 4) is 0 Å². The summed E-state index contributed by atoms with van der Waals surface area (Å²) >= 11 is 1.06. The van der Waals surface area contributed by atoms with Gasteiger partial charge in [-0.15, -0.1) is 11.3 Å². The van der Waals surface area contributed by atoms with Crippen LogP contribution in [0.5, 0.6) is 0 Å². The van der Waals surface area contributed by atoms with E-state index in [0.29, 0.717) is 30.9 Å². The Morgan fingerprint density at radius 1 is 1.29 bits per heavy atom. The van der Waals surface area contributed by atoms with Crippen molar-refractivity contribution in [1.29, 1.82) is 0 Å². The zero-order valence-electron chi connectivity index (χ0n) is 12.3. The molecule has 0 aliphatic carbocycles. The highest BCUT2D eigenvalue weighted by Crippen LogP contribution is 2.36. The van der Waals surface area contributed by atoms with Crippen molar-refractivity contribution in [2.75, 3.05) is 13.1 Å². The molecule has 0 spiro atoms. The lowest BCUT2D eigenvalue weighted by molar-refractivity contribution is -0.141. The van der Waals surface area contributed by atoms with E-state index in [-0.39, 0.29) is 11.8 Å². The van der Waals surface area contributed by atoms with Gasteiger partial charge in [-0.05, 0) is 12.8 Å². The van der Waals surface area contributed by atoms with Crippen LogP contribution in [0, 0.1) is 5.41 Å². The first-order valence-electron chi connectivity index (χ1n) is 6.91. The maximum Gasteiger partial charge on any atom is 0.434 e. The van der Waals surface area contributed by atoms with Crippen LogP contribution in [-0.2, 0) is 11.0 Å². The molecule has 0 saturated carbocycles. The van der Waals surface area contributed by atoms with Crippen molar-refractivity contribution in [3.63, 3.8) is 0 Å². The van der Waals surface area contributed by atoms with E-state index in [2.05, 4.69) is 4.98 Å². The van der Waals surface area contributed by atoms with Gasteiger partial charge in [0.15, 0.2) is 5.69 Å². The van der Waals surface area contributed by atoms with Gasteiger partial charge in [0, 0.05) is 29.8 Å². The van der Waals surface area contributed by atoms with Gasteiger partial charge in [-0.3, -0.25) is 4.79 Å². The molecule has 1 aliphatic rings. The van der Waals surface area contributed by atoms with Crippen LogP contribution in [0.1, 0.15) is 50.2 Å². The molecule has 1 aromatic rings. The first kappa shape index (κ1) is 16.3. The summed E-state index contributed by atoms with van der Waals surface area (Å²) in [5.74, 6) is 0.117. The fraction of sp³-hybridized carbons (Fsp3) is 0.714. The Labute approximate surface area is 126 Å². The van der Waals surface area contributed by atoms with Crippen molar-refractivity contribution in [3.05, 3.63) is 16.1 Å². The molecule has 2 rings (SSSR count). The van der Waals surface area contributed by atoms with Crippen LogP contribution >= 0.6 is 11.3 Å². The summed E-state index contributed by atoms with van der Waals surface area (Å²) in [6, 6.07) is 0. The van der Waals surface area contributed by atoms with Crippen molar-refractivity contribution in [2.24, 2.45) is 5.41 Å². The van der Waals surface area contributed by atoms with E-state index in [1.165, 1.54) is 0 Å². The largest absolute Gasteiger partial charge is 0.434 e. The minimum Gasteiger partial charge on any atom is -0.342 e. The zero-order chi connectivity index (χ0) is 15.8. The lowest BCUT2D eigenvalue weighted by atomic mass is 9.91. The number of piperidine rings is 1. The smallest absolute Gasteiger partial charge is 0.342 e. The molecule has 0 bridgehead atoms. The number of amides is 1. The lowest BCUT2D eigenvalue weighted by Crippen LogP contribution is -2.43. The molecule has 1 fully saturated rings. The lowest BCUT2D eigenvalue weighted by Gasteiger charge is -2.35. The molecule has 1 amide bonds. The average molecular weight is 320 g/mol. The van der Waals surface area contributed by atoms with Crippen LogP contribution in [-0.4, -0.2) is 28.9 Å². The van der Waals surface area contributed by atoms with Crippen molar-refractivity contribution >= 4 is 17.2 Å². The third-order valence-electron chi connectivity index (χ3n) is 3.59. The molecule has 0 N–H and O–H groups in total. The van der Waals surface area contributed by atoms with E-state index in [0.717, 1.165) is 16.7 Å². The Bertz CT molecular complexity index is 511. The van der Waals surface area contributed by atoms with Gasteiger partial charge in [-0.2, -0.15) is 13.2 Å². The number of hydrogen-bond donors (Lipinski definition) is 0. The van der Waals surface area contributed by atoms with Crippen LogP contribution in [0.4, 0.5) is 13.2 Å². The quantitative estimate of drug-likeness (QED) is 0.786. The van der Waals surface area contributed by atoms with Crippen LogP contribution in [0.3, 0.4) is 0 Å². The van der Waals surface area contributed by atoms with E-state index in [1.54, 1.807) is 4.90 Å². The summed E-state index contributed by atoms with van der Waals surface area (Å²) in [4.78, 5) is 17.7. The van der Waals surface area contributed by atoms with Gasteiger partial charge in [-0.25, -0.2) is 4.98 Å². The number of aromatic nitrogens is 1. The maximum absolute atomic E-state index is 12.6. The number of carbonyl (C=O) groups is 1. The van der Waals surface area contributed by atoms with Gasteiger partial charge < -0.3 is 4.90 Å². The first-order chi connectivity index (χ1) is 9.59. The predicted molar refractivity (Wildman–Crippen MR) is 75.1 cm³/mol. The van der Waals surface area contributed by atoms with Crippen molar-refractivity contribution in [1.82, 2.24) is 9.88 Å². The minimum atomic E-state index is -4.38. The summed E-state index contributed by atoms with van der Waals surface area (Å²) in [6.07, 6.45) is -3.03. The van der Waals surface area contributed by atoms with Crippen molar-refractivity contribution < 1.29 is 18.0 Å². The molecule has 0 unspecified atom stereocenters. The number of alkyl halides is 3. The topological polar surface area (TPSA) is 33.2 Å². The fourth-order valence-electron chi connectivity index (χ4n) is 2.41. The molecule has 118 valence electrons. The Balaban J connectivity index is 1.98. The predicted octanol–water partition coefficient (Wildman–Crippen LogP) is 3.91. The van der Waals surface area contributed by atoms with Gasteiger partial charge >= 0.3 is 6.18 Å². The number of rotatable bonds is 1. The normalized spacial score (nSPS) is 18.1. The van der Waals surface area contributed by atoms with E-state index < -0.39 is 17.3 Å². The monoisotopic (exact) mass is 320 g/mol. The van der Waals surface area contributed by atoms with E-state index in [9.17, 15) is 18.0 Å². The highest BCUT2D eigenvalue weighted by Gasteiger charge is 2.36. The number of thiazole rings is 1. The standard InChI is InChI=1S/C14H19F3N2OS/c1-13(2,3)12(20)19-6-4-9(5-7-19)11-18-10(8-21-11)14(15,16)17/h8-9H,4-7H2,1-3H3. The third-order valence-corrected chi connectivity index (χ3v) is 4.59. The molecule has 7 heteroatoms. The highest BCUT2D eigenvalue weighted by molar-refractivity contribution is 7.09. The van der Waals surface area contributed by atoms with E-state index in [4.69, 9.17) is 0 Å². The Kier molecular flexibility index (Phi) is 4.33. The number of halogens is 3. The molecular formula is C14H19F3N2OS. The second-order valence-corrected chi connectivity index (χ2v) is 7.27. The zero-order valence-corrected chi connectivity index (χ0v) is 13.1. The molecule has 0 aromatic carbocycles. The summed E-state index contributed by atoms with van der Waals surface area (Å²) in [7, 11) is 0. The van der Waals surface area contributed by atoms with E-state index in [1.807, 2.05) is 20.8 Å². The SMILES string of the molecule is CC(C)(C)C(=O)N1CCC(c2nc(C(F)(F)F)cs2)CC1. The molecule has 0 radical (unpaired) electrons. The molecule has 1 aromatic heterocycles. The first-order valence-corrected chi connectivity index (χ1v) is 7.79. The van der Waals surface area contributed by atoms with Crippen LogP contribution in [0.25, 0.3) is 0 Å². The summed E-state index contributed by atoms with van der Waals surface area (Å²) in [6.45, 7) is 6.79. The average Bonchev–Trinajstić information content (AvgIpc) is 2.86. The molecule has 0 atom stereocenters. The second kappa shape index (κ2) is 5.59. The van der Waals surface area contributed by atoms with Crippen LogP contribution < -0.4 is 0 Å². The number of carbonyl (C=O) groups excluding carboxylic acids is 1. The Morgan fingerprint density at radius 3 is 2.29 bits per heavy atom. The van der Waals surface area contributed by atoms with Gasteiger partial charge in [0.2, 0.25) is 5.91 Å². The second-order valence-electron chi connectivity index (χ2n) is 6.39. The Morgan fingerprint density at radius 2 is 1.86 bits per heavy atom. The third kappa shape index (κ3) is 3.75. The molecule has 1 saturated heterocycles. The van der Waals surface area contributed by atoms with Gasteiger partial charge in [0.1, 0.15) is 0 Å².